The molecule has 1 aliphatic heterocycles. The summed E-state index contributed by atoms with van der Waals surface area (Å²) in [6.07, 6.45) is 3.78. The van der Waals surface area contributed by atoms with Crippen molar-refractivity contribution in [2.75, 3.05) is 26.7 Å². The van der Waals surface area contributed by atoms with Gasteiger partial charge in [0.2, 0.25) is 5.91 Å². The van der Waals surface area contributed by atoms with Gasteiger partial charge in [-0.1, -0.05) is 44.5 Å². The number of benzene rings is 1. The fourth-order valence-corrected chi connectivity index (χ4v) is 5.45. The van der Waals surface area contributed by atoms with Crippen LogP contribution in [-0.4, -0.2) is 76.3 Å². The van der Waals surface area contributed by atoms with Crippen LogP contribution < -0.4 is 10.6 Å². The van der Waals surface area contributed by atoms with Crippen molar-refractivity contribution < 1.29 is 19.2 Å². The van der Waals surface area contributed by atoms with E-state index in [-0.39, 0.29) is 28.8 Å². The summed E-state index contributed by atoms with van der Waals surface area (Å²) in [5.41, 5.74) is 3.34. The highest BCUT2D eigenvalue weighted by Gasteiger charge is 2.44. The molecule has 4 rings (SSSR count). The Morgan fingerprint density at radius 1 is 1.09 bits per heavy atom. The maximum Gasteiger partial charge on any atom is 0.273 e. The number of aryl methyl sites for hydroxylation is 1. The van der Waals surface area contributed by atoms with Gasteiger partial charge in [-0.15, -0.1) is 0 Å². The number of carbonyl (C=O) groups is 4. The second-order valence-corrected chi connectivity index (χ2v) is 12.9. The smallest absolute Gasteiger partial charge is 0.273 e. The Morgan fingerprint density at radius 2 is 1.80 bits per heavy atom. The van der Waals surface area contributed by atoms with Crippen LogP contribution in [0.4, 0.5) is 0 Å². The van der Waals surface area contributed by atoms with Gasteiger partial charge >= 0.3 is 0 Å². The lowest BCUT2D eigenvalue weighted by atomic mass is 9.85. The largest absolute Gasteiger partial charge is 0.351 e. The summed E-state index contributed by atoms with van der Waals surface area (Å²) < 4.78 is 0. The standard InChI is InChI=1S/C34H42N6O4/c1-9-36-29(41)26-13-12-22(19-37-26)24-16-21(11-10-20(24)2)28(35)30(42)38-27-18-23(33(3,4)5)17-25(27)31(43)40-15-14-39(8)32(44)34(40,6)7/h10-13,16-17,19,35H,9,14-15,18H2,1-8H3,(H,36,41)(H,38,42). The molecule has 3 N–H and O–H groups in total. The molecule has 2 heterocycles. The van der Waals surface area contributed by atoms with Crippen LogP contribution in [-0.2, 0) is 14.4 Å². The van der Waals surface area contributed by atoms with Gasteiger partial charge in [0.05, 0.1) is 5.57 Å². The van der Waals surface area contributed by atoms with Crippen LogP contribution in [0.1, 0.15) is 69.6 Å². The van der Waals surface area contributed by atoms with Crippen molar-refractivity contribution in [3.8, 4) is 11.1 Å². The number of aromatic nitrogens is 1. The van der Waals surface area contributed by atoms with E-state index in [1.54, 1.807) is 61.2 Å². The third kappa shape index (κ3) is 6.34. The van der Waals surface area contributed by atoms with E-state index in [1.165, 1.54) is 0 Å². The number of pyridine rings is 1. The molecule has 4 amide bonds. The van der Waals surface area contributed by atoms with Gasteiger partial charge < -0.3 is 20.4 Å². The lowest BCUT2D eigenvalue weighted by Gasteiger charge is -2.44. The average molecular weight is 599 g/mol. The zero-order chi connectivity index (χ0) is 32.6. The number of nitrogens with zero attached hydrogens (tertiary/aromatic N) is 3. The minimum absolute atomic E-state index is 0.146. The van der Waals surface area contributed by atoms with E-state index < -0.39 is 11.4 Å². The monoisotopic (exact) mass is 598 g/mol. The molecule has 10 heteroatoms. The number of carbonyl (C=O) groups excluding carboxylic acids is 4. The van der Waals surface area contributed by atoms with Crippen LogP contribution in [0.15, 0.2) is 59.4 Å². The molecule has 44 heavy (non-hydrogen) atoms. The van der Waals surface area contributed by atoms with E-state index in [1.807, 2.05) is 46.8 Å². The lowest BCUT2D eigenvalue weighted by molar-refractivity contribution is -0.155. The number of hydrogen-bond donors (Lipinski definition) is 3. The Balaban J connectivity index is 1.61. The molecule has 2 aliphatic rings. The molecule has 1 aromatic carbocycles. The third-order valence-electron chi connectivity index (χ3n) is 8.32. The van der Waals surface area contributed by atoms with E-state index in [9.17, 15) is 19.2 Å². The summed E-state index contributed by atoms with van der Waals surface area (Å²) in [6, 6.07) is 8.74. The summed E-state index contributed by atoms with van der Waals surface area (Å²) in [5, 5.41) is 14.3. The molecule has 232 valence electrons. The van der Waals surface area contributed by atoms with E-state index in [0.717, 1.165) is 22.3 Å². The molecule has 1 aromatic heterocycles. The maximum absolute atomic E-state index is 13.9. The first kappa shape index (κ1) is 32.3. The van der Waals surface area contributed by atoms with Crippen molar-refractivity contribution in [1.82, 2.24) is 25.4 Å². The van der Waals surface area contributed by atoms with Gasteiger partial charge in [0.1, 0.15) is 16.9 Å². The van der Waals surface area contributed by atoms with Crippen LogP contribution >= 0.6 is 0 Å². The fraction of sp³-hybridized carbons (Fsp3) is 0.412. The predicted octanol–water partition coefficient (Wildman–Crippen LogP) is 4.00. The Labute approximate surface area is 259 Å². The summed E-state index contributed by atoms with van der Waals surface area (Å²) in [5.74, 6) is -1.36. The highest BCUT2D eigenvalue weighted by molar-refractivity contribution is 6.44. The van der Waals surface area contributed by atoms with Crippen molar-refractivity contribution in [3.63, 3.8) is 0 Å². The minimum atomic E-state index is -1.04. The highest BCUT2D eigenvalue weighted by atomic mass is 16.2. The van der Waals surface area contributed by atoms with E-state index >= 15 is 0 Å². The second-order valence-electron chi connectivity index (χ2n) is 12.9. The van der Waals surface area contributed by atoms with Gasteiger partial charge in [-0.25, -0.2) is 0 Å². The predicted molar refractivity (Wildman–Crippen MR) is 170 cm³/mol. The molecule has 0 radical (unpaired) electrons. The number of allylic oxidation sites excluding steroid dienone is 1. The maximum atomic E-state index is 13.9. The number of likely N-dealkylation sites (N-methyl/N-ethyl adjacent to an activating group) is 1. The highest BCUT2D eigenvalue weighted by Crippen LogP contribution is 2.38. The molecule has 0 spiro atoms. The third-order valence-corrected chi connectivity index (χ3v) is 8.32. The zero-order valence-corrected chi connectivity index (χ0v) is 26.8. The summed E-state index contributed by atoms with van der Waals surface area (Å²) in [7, 11) is 1.73. The first-order chi connectivity index (χ1) is 20.6. The Bertz CT molecular complexity index is 1590. The van der Waals surface area contributed by atoms with E-state index in [2.05, 4.69) is 15.6 Å². The summed E-state index contributed by atoms with van der Waals surface area (Å²) in [6.45, 7) is 14.7. The Morgan fingerprint density at radius 3 is 2.41 bits per heavy atom. The fourth-order valence-electron chi connectivity index (χ4n) is 5.45. The van der Waals surface area contributed by atoms with Crippen molar-refractivity contribution in [2.45, 2.75) is 60.4 Å². The van der Waals surface area contributed by atoms with Gasteiger partial charge in [0.25, 0.3) is 17.7 Å². The van der Waals surface area contributed by atoms with Crippen LogP contribution in [0.3, 0.4) is 0 Å². The van der Waals surface area contributed by atoms with E-state index in [0.29, 0.717) is 48.6 Å². The molecule has 10 nitrogen and oxygen atoms in total. The van der Waals surface area contributed by atoms with Crippen LogP contribution in [0.5, 0.6) is 0 Å². The quantitative estimate of drug-likeness (QED) is 0.414. The summed E-state index contributed by atoms with van der Waals surface area (Å²) >= 11 is 0. The minimum Gasteiger partial charge on any atom is -0.351 e. The number of hydrogen-bond acceptors (Lipinski definition) is 6. The second kappa shape index (κ2) is 12.2. The molecule has 2 aromatic rings. The van der Waals surface area contributed by atoms with Crippen molar-refractivity contribution in [1.29, 1.82) is 5.41 Å². The van der Waals surface area contributed by atoms with E-state index in [4.69, 9.17) is 5.41 Å². The Hall–Kier alpha value is -4.60. The number of nitrogens with one attached hydrogen (secondary N) is 3. The lowest BCUT2D eigenvalue weighted by Crippen LogP contribution is -2.63. The van der Waals surface area contributed by atoms with Crippen molar-refractivity contribution in [3.05, 3.63) is 76.3 Å². The SMILES string of the molecule is CCNC(=O)c1ccc(-c2cc(C(=N)C(=O)NC3=C(C(=O)N4CCN(C)C(=O)C4(C)C)C=C(C(C)(C)C)C3)ccc2C)cn1. The van der Waals surface area contributed by atoms with Gasteiger partial charge in [0.15, 0.2) is 0 Å². The number of amides is 4. The topological polar surface area (TPSA) is 136 Å². The first-order valence-corrected chi connectivity index (χ1v) is 14.8. The van der Waals surface area contributed by atoms with Crippen LogP contribution in [0.2, 0.25) is 0 Å². The summed E-state index contributed by atoms with van der Waals surface area (Å²) in [4.78, 5) is 59.9. The molecule has 0 saturated carbocycles. The van der Waals surface area contributed by atoms with Gasteiger partial charge in [0, 0.05) is 56.1 Å². The first-order valence-electron chi connectivity index (χ1n) is 14.8. The normalized spacial score (nSPS) is 16.5. The van der Waals surface area contributed by atoms with Crippen molar-refractivity contribution >= 4 is 29.3 Å². The number of rotatable bonds is 7. The van der Waals surface area contributed by atoms with Gasteiger partial charge in [-0.05, 0) is 62.4 Å². The van der Waals surface area contributed by atoms with Crippen LogP contribution in [0.25, 0.3) is 11.1 Å². The molecular weight excluding hydrogens is 556 g/mol. The van der Waals surface area contributed by atoms with Crippen molar-refractivity contribution in [2.24, 2.45) is 5.41 Å². The average Bonchev–Trinajstić information content (AvgIpc) is 3.40. The Kier molecular flexibility index (Phi) is 8.95. The molecule has 1 aliphatic carbocycles. The molecular formula is C34H42N6O4. The molecule has 1 fully saturated rings. The molecule has 0 unspecified atom stereocenters. The molecule has 0 atom stereocenters. The molecule has 0 bridgehead atoms. The van der Waals surface area contributed by atoms with Crippen LogP contribution in [0, 0.1) is 17.7 Å². The van der Waals surface area contributed by atoms with Gasteiger partial charge in [-0.2, -0.15) is 0 Å². The zero-order valence-electron chi connectivity index (χ0n) is 26.8. The molecule has 1 saturated heterocycles. The van der Waals surface area contributed by atoms with Gasteiger partial charge in [-0.3, -0.25) is 29.6 Å². The number of piperazine rings is 1.